The molecule has 0 unspecified atom stereocenters. The molecule has 1 fully saturated rings. The van der Waals surface area contributed by atoms with Gasteiger partial charge in [-0.15, -0.1) is 0 Å². The van der Waals surface area contributed by atoms with Crippen LogP contribution in [0.5, 0.6) is 0 Å². The quantitative estimate of drug-likeness (QED) is 0.430. The van der Waals surface area contributed by atoms with Crippen molar-refractivity contribution in [3.05, 3.63) is 0 Å². The Bertz CT molecular complexity index is 222. The highest BCUT2D eigenvalue weighted by atomic mass is 16.2. The van der Waals surface area contributed by atoms with E-state index in [2.05, 4.69) is 31.1 Å². The maximum absolute atomic E-state index is 11.7. The molecule has 0 spiro atoms. The van der Waals surface area contributed by atoms with Crippen LogP contribution in [0.4, 0.5) is 0 Å². The summed E-state index contributed by atoms with van der Waals surface area (Å²) in [5.41, 5.74) is 2.30. The van der Waals surface area contributed by atoms with E-state index in [1.54, 1.807) is 0 Å². The van der Waals surface area contributed by atoms with Crippen LogP contribution in [0.25, 0.3) is 0 Å². The number of carbonyl (C=O) groups is 1. The highest BCUT2D eigenvalue weighted by molar-refractivity contribution is 5.81. The van der Waals surface area contributed by atoms with Gasteiger partial charge in [-0.1, -0.05) is 27.2 Å². The Morgan fingerprint density at radius 1 is 1.44 bits per heavy atom. The normalized spacial score (nSPS) is 28.8. The van der Waals surface area contributed by atoms with Crippen LogP contribution in [0.2, 0.25) is 0 Å². The number of nitrogens with two attached hydrogens (primary N) is 1. The first kappa shape index (κ1) is 13.5. The lowest BCUT2D eigenvalue weighted by atomic mass is 9.90. The largest absolute Gasteiger partial charge is 0.293 e. The van der Waals surface area contributed by atoms with Crippen LogP contribution in [-0.2, 0) is 4.79 Å². The Morgan fingerprint density at radius 2 is 2.00 bits per heavy atom. The Balaban J connectivity index is 2.65. The highest BCUT2D eigenvalue weighted by Crippen LogP contribution is 2.24. The topological polar surface area (TPSA) is 58.4 Å². The summed E-state index contributed by atoms with van der Waals surface area (Å²) in [6.07, 6.45) is 3.17. The summed E-state index contributed by atoms with van der Waals surface area (Å²) < 4.78 is 0. The fourth-order valence-electron chi connectivity index (χ4n) is 2.81. The number of amides is 1. The van der Waals surface area contributed by atoms with Gasteiger partial charge in [-0.05, 0) is 24.7 Å². The molecule has 0 aromatic carbocycles. The predicted molar refractivity (Wildman–Crippen MR) is 65.5 cm³/mol. The zero-order valence-corrected chi connectivity index (χ0v) is 10.7. The molecule has 0 radical (unpaired) electrons. The lowest BCUT2D eigenvalue weighted by Crippen LogP contribution is -2.53. The molecular formula is C12H25N3O. The second-order valence-electron chi connectivity index (χ2n) is 5.21. The Morgan fingerprint density at radius 3 is 2.44 bits per heavy atom. The fraction of sp³-hybridized carbons (Fsp3) is 0.917. The summed E-state index contributed by atoms with van der Waals surface area (Å²) in [5, 5.41) is 0. The van der Waals surface area contributed by atoms with Crippen LogP contribution >= 0.6 is 0 Å². The van der Waals surface area contributed by atoms with Crippen LogP contribution in [0.1, 0.15) is 40.0 Å². The van der Waals surface area contributed by atoms with Crippen molar-refractivity contribution in [2.24, 2.45) is 17.7 Å². The number of rotatable bonds is 4. The predicted octanol–water partition coefficient (Wildman–Crippen LogP) is 1.12. The zero-order valence-electron chi connectivity index (χ0n) is 10.7. The number of likely N-dealkylation sites (tertiary alicyclic amines) is 1. The van der Waals surface area contributed by atoms with Gasteiger partial charge in [0.05, 0.1) is 6.04 Å². The van der Waals surface area contributed by atoms with Crippen molar-refractivity contribution >= 4 is 5.91 Å². The van der Waals surface area contributed by atoms with Gasteiger partial charge < -0.3 is 0 Å². The number of hydrogen-bond donors (Lipinski definition) is 2. The molecule has 0 aromatic rings. The standard InChI is InChI=1S/C12H25N3O/c1-4-5-11(12(16)14-13)15-7-9(2)6-10(3)8-15/h9-11H,4-8,13H2,1-3H3,(H,14,16)/t9-,10+,11-/m1/s1. The van der Waals surface area contributed by atoms with Crippen molar-refractivity contribution in [3.63, 3.8) is 0 Å². The number of hydrogen-bond acceptors (Lipinski definition) is 3. The number of piperidine rings is 1. The van der Waals surface area contributed by atoms with E-state index in [4.69, 9.17) is 5.84 Å². The minimum absolute atomic E-state index is 0.0387. The summed E-state index contributed by atoms with van der Waals surface area (Å²) in [5.74, 6) is 6.56. The summed E-state index contributed by atoms with van der Waals surface area (Å²) in [6, 6.07) is -0.0415. The third-order valence-electron chi connectivity index (χ3n) is 3.34. The molecule has 1 aliphatic heterocycles. The van der Waals surface area contributed by atoms with Crippen LogP contribution in [0.3, 0.4) is 0 Å². The molecule has 1 aliphatic rings. The van der Waals surface area contributed by atoms with Gasteiger partial charge >= 0.3 is 0 Å². The molecular weight excluding hydrogens is 202 g/mol. The first-order chi connectivity index (χ1) is 7.58. The average Bonchev–Trinajstić information content (AvgIpc) is 2.23. The Labute approximate surface area is 98.5 Å². The Kier molecular flexibility index (Phi) is 5.22. The van der Waals surface area contributed by atoms with Crippen LogP contribution in [0, 0.1) is 11.8 Å². The molecule has 94 valence electrons. The number of hydrazine groups is 1. The van der Waals surface area contributed by atoms with E-state index in [0.29, 0.717) is 11.8 Å². The number of nitrogens with one attached hydrogen (secondary N) is 1. The summed E-state index contributed by atoms with van der Waals surface area (Å²) in [4.78, 5) is 14.0. The minimum atomic E-state index is -0.0415. The van der Waals surface area contributed by atoms with E-state index in [1.807, 2.05) is 0 Å². The molecule has 3 atom stereocenters. The second-order valence-corrected chi connectivity index (χ2v) is 5.21. The molecule has 0 aromatic heterocycles. The molecule has 0 bridgehead atoms. The smallest absolute Gasteiger partial charge is 0.251 e. The van der Waals surface area contributed by atoms with Crippen molar-refractivity contribution in [2.75, 3.05) is 13.1 Å². The molecule has 16 heavy (non-hydrogen) atoms. The monoisotopic (exact) mass is 227 g/mol. The van der Waals surface area contributed by atoms with Crippen LogP contribution in [0.15, 0.2) is 0 Å². The van der Waals surface area contributed by atoms with Gasteiger partial charge in [-0.2, -0.15) is 0 Å². The first-order valence-electron chi connectivity index (χ1n) is 6.33. The number of nitrogens with zero attached hydrogens (tertiary/aromatic N) is 1. The molecule has 4 nitrogen and oxygen atoms in total. The van der Waals surface area contributed by atoms with E-state index in [0.717, 1.165) is 25.9 Å². The van der Waals surface area contributed by atoms with Crippen molar-refractivity contribution in [2.45, 2.75) is 46.1 Å². The van der Waals surface area contributed by atoms with Gasteiger partial charge in [-0.25, -0.2) is 5.84 Å². The van der Waals surface area contributed by atoms with Gasteiger partial charge in [0.15, 0.2) is 0 Å². The van der Waals surface area contributed by atoms with Gasteiger partial charge in [0, 0.05) is 13.1 Å². The minimum Gasteiger partial charge on any atom is -0.293 e. The average molecular weight is 227 g/mol. The molecule has 0 saturated carbocycles. The lowest BCUT2D eigenvalue weighted by molar-refractivity contribution is -0.128. The van der Waals surface area contributed by atoms with Crippen molar-refractivity contribution in [3.8, 4) is 0 Å². The first-order valence-corrected chi connectivity index (χ1v) is 6.33. The lowest BCUT2D eigenvalue weighted by Gasteiger charge is -2.39. The zero-order chi connectivity index (χ0) is 12.1. The number of carbonyl (C=O) groups excluding carboxylic acids is 1. The molecule has 1 heterocycles. The maximum Gasteiger partial charge on any atom is 0.251 e. The maximum atomic E-state index is 11.7. The molecule has 0 aliphatic carbocycles. The van der Waals surface area contributed by atoms with E-state index >= 15 is 0 Å². The molecule has 3 N–H and O–H groups in total. The van der Waals surface area contributed by atoms with E-state index in [9.17, 15) is 4.79 Å². The van der Waals surface area contributed by atoms with Gasteiger partial charge in [0.1, 0.15) is 0 Å². The molecule has 1 amide bonds. The fourth-order valence-corrected chi connectivity index (χ4v) is 2.81. The van der Waals surface area contributed by atoms with Crippen LogP contribution in [-0.4, -0.2) is 29.9 Å². The third kappa shape index (κ3) is 3.46. The molecule has 1 saturated heterocycles. The van der Waals surface area contributed by atoms with Crippen molar-refractivity contribution in [1.29, 1.82) is 0 Å². The van der Waals surface area contributed by atoms with E-state index in [-0.39, 0.29) is 11.9 Å². The SMILES string of the molecule is CCC[C@H](C(=O)NN)N1C[C@H](C)C[C@H](C)C1. The van der Waals surface area contributed by atoms with E-state index < -0.39 is 0 Å². The third-order valence-corrected chi connectivity index (χ3v) is 3.34. The van der Waals surface area contributed by atoms with Gasteiger partial charge in [-0.3, -0.25) is 15.1 Å². The van der Waals surface area contributed by atoms with Crippen molar-refractivity contribution in [1.82, 2.24) is 10.3 Å². The summed E-state index contributed by atoms with van der Waals surface area (Å²) in [7, 11) is 0. The summed E-state index contributed by atoms with van der Waals surface area (Å²) >= 11 is 0. The molecule has 1 rings (SSSR count). The van der Waals surface area contributed by atoms with Gasteiger partial charge in [0.2, 0.25) is 0 Å². The summed E-state index contributed by atoms with van der Waals surface area (Å²) in [6.45, 7) is 8.65. The highest BCUT2D eigenvalue weighted by Gasteiger charge is 2.30. The van der Waals surface area contributed by atoms with Gasteiger partial charge in [0.25, 0.3) is 5.91 Å². The van der Waals surface area contributed by atoms with Crippen LogP contribution < -0.4 is 11.3 Å². The Hall–Kier alpha value is -0.610. The second kappa shape index (κ2) is 6.21. The van der Waals surface area contributed by atoms with Crippen molar-refractivity contribution < 1.29 is 4.79 Å². The molecule has 4 heteroatoms. The van der Waals surface area contributed by atoms with E-state index in [1.165, 1.54) is 6.42 Å².